The number of para-hydroxylation sites is 1. The van der Waals surface area contributed by atoms with E-state index in [0.29, 0.717) is 25.7 Å². The highest BCUT2D eigenvalue weighted by Crippen LogP contribution is 2.27. The Morgan fingerprint density at radius 3 is 2.43 bits per heavy atom. The number of hydrogen-bond acceptors (Lipinski definition) is 3. The summed E-state index contributed by atoms with van der Waals surface area (Å²) in [6, 6.07) is 9.96. The number of rotatable bonds is 8. The molecule has 0 spiro atoms. The van der Waals surface area contributed by atoms with Gasteiger partial charge in [0.2, 0.25) is 5.91 Å². The molecular weight excluding hydrogens is 268 g/mol. The number of carboxylic acid groups (broad SMARTS) is 1. The first kappa shape index (κ1) is 15.5. The van der Waals surface area contributed by atoms with Gasteiger partial charge in [-0.25, -0.2) is 0 Å². The molecule has 0 radical (unpaired) electrons. The number of aliphatic carboxylic acids is 1. The molecule has 1 aliphatic carbocycles. The summed E-state index contributed by atoms with van der Waals surface area (Å²) in [5.41, 5.74) is 0.888. The minimum Gasteiger partial charge on any atom is -0.481 e. The fourth-order valence-corrected chi connectivity index (χ4v) is 2.44. The molecule has 0 unspecified atom stereocenters. The molecule has 0 aromatic heterocycles. The van der Waals surface area contributed by atoms with Crippen molar-refractivity contribution >= 4 is 17.6 Å². The summed E-state index contributed by atoms with van der Waals surface area (Å²) in [4.78, 5) is 27.0. The van der Waals surface area contributed by atoms with Crippen LogP contribution in [0.5, 0.6) is 0 Å². The average molecular weight is 290 g/mol. The molecule has 1 amide bonds. The van der Waals surface area contributed by atoms with Crippen LogP contribution in [0.3, 0.4) is 0 Å². The van der Waals surface area contributed by atoms with E-state index < -0.39 is 5.97 Å². The van der Waals surface area contributed by atoms with Gasteiger partial charge in [-0.3, -0.25) is 14.5 Å². The van der Waals surface area contributed by atoms with Gasteiger partial charge in [-0.05, 0) is 31.9 Å². The summed E-state index contributed by atoms with van der Waals surface area (Å²) >= 11 is 0. The van der Waals surface area contributed by atoms with Crippen molar-refractivity contribution in [1.82, 2.24) is 4.90 Å². The normalized spacial score (nSPS) is 14.2. The Balaban J connectivity index is 1.98. The van der Waals surface area contributed by atoms with Crippen LogP contribution in [-0.4, -0.2) is 47.6 Å². The molecule has 5 heteroatoms. The van der Waals surface area contributed by atoms with Gasteiger partial charge in [0.1, 0.15) is 0 Å². The van der Waals surface area contributed by atoms with E-state index in [0.717, 1.165) is 18.5 Å². The number of carbonyl (C=O) groups is 2. The van der Waals surface area contributed by atoms with Crippen LogP contribution < -0.4 is 4.90 Å². The van der Waals surface area contributed by atoms with Gasteiger partial charge in [-0.1, -0.05) is 18.2 Å². The third-order valence-corrected chi connectivity index (χ3v) is 3.70. The zero-order chi connectivity index (χ0) is 15.2. The summed E-state index contributed by atoms with van der Waals surface area (Å²) in [6.07, 6.45) is 2.20. The number of amides is 1. The van der Waals surface area contributed by atoms with Crippen molar-refractivity contribution in [2.24, 2.45) is 0 Å². The van der Waals surface area contributed by atoms with E-state index in [-0.39, 0.29) is 12.3 Å². The van der Waals surface area contributed by atoms with Gasteiger partial charge in [0.15, 0.2) is 0 Å². The minimum absolute atomic E-state index is 0.0287. The number of likely N-dealkylation sites (N-methyl/N-ethyl adjacent to an activating group) is 1. The second-order valence-corrected chi connectivity index (χ2v) is 5.32. The standard InChI is InChI=1S/C16H22N2O3/c1-2-18(14-6-4-3-5-7-14)15(19)12-17(13-8-9-13)11-10-16(20)21/h3-7,13H,2,8-12H2,1H3,(H,20,21). The molecule has 5 nitrogen and oxygen atoms in total. The maximum atomic E-state index is 12.5. The zero-order valence-electron chi connectivity index (χ0n) is 12.4. The molecule has 1 aromatic carbocycles. The molecule has 0 saturated heterocycles. The third-order valence-electron chi connectivity index (χ3n) is 3.70. The number of hydrogen-bond donors (Lipinski definition) is 1. The topological polar surface area (TPSA) is 60.9 Å². The van der Waals surface area contributed by atoms with Crippen molar-refractivity contribution in [3.05, 3.63) is 30.3 Å². The lowest BCUT2D eigenvalue weighted by molar-refractivity contribution is -0.137. The highest BCUT2D eigenvalue weighted by Gasteiger charge is 2.31. The SMILES string of the molecule is CCN(C(=O)CN(CCC(=O)O)C1CC1)c1ccccc1. The largest absolute Gasteiger partial charge is 0.481 e. The lowest BCUT2D eigenvalue weighted by atomic mass is 10.2. The third kappa shape index (κ3) is 4.56. The molecule has 21 heavy (non-hydrogen) atoms. The Morgan fingerprint density at radius 1 is 1.24 bits per heavy atom. The fourth-order valence-electron chi connectivity index (χ4n) is 2.44. The monoisotopic (exact) mass is 290 g/mol. The first-order valence-electron chi connectivity index (χ1n) is 7.43. The summed E-state index contributed by atoms with van der Waals surface area (Å²) < 4.78 is 0. The van der Waals surface area contributed by atoms with Gasteiger partial charge < -0.3 is 10.0 Å². The maximum Gasteiger partial charge on any atom is 0.304 e. The van der Waals surface area contributed by atoms with Crippen LogP contribution in [-0.2, 0) is 9.59 Å². The second-order valence-electron chi connectivity index (χ2n) is 5.32. The molecule has 2 rings (SSSR count). The van der Waals surface area contributed by atoms with Gasteiger partial charge in [0, 0.05) is 24.8 Å². The number of carboxylic acids is 1. The van der Waals surface area contributed by atoms with Gasteiger partial charge in [-0.15, -0.1) is 0 Å². The van der Waals surface area contributed by atoms with Crippen LogP contribution in [0, 0.1) is 0 Å². The quantitative estimate of drug-likeness (QED) is 0.795. The number of anilines is 1. The van der Waals surface area contributed by atoms with Gasteiger partial charge in [0.25, 0.3) is 0 Å². The molecular formula is C16H22N2O3. The number of carbonyl (C=O) groups excluding carboxylic acids is 1. The van der Waals surface area contributed by atoms with Crippen LogP contribution in [0.2, 0.25) is 0 Å². The van der Waals surface area contributed by atoms with E-state index in [2.05, 4.69) is 0 Å². The second kappa shape index (κ2) is 7.22. The Labute approximate surface area is 125 Å². The Hall–Kier alpha value is -1.88. The highest BCUT2D eigenvalue weighted by atomic mass is 16.4. The predicted molar refractivity (Wildman–Crippen MR) is 81.3 cm³/mol. The summed E-state index contributed by atoms with van der Waals surface area (Å²) in [5.74, 6) is -0.788. The van der Waals surface area contributed by atoms with E-state index in [4.69, 9.17) is 5.11 Å². The zero-order valence-corrected chi connectivity index (χ0v) is 12.4. The van der Waals surface area contributed by atoms with Crippen LogP contribution >= 0.6 is 0 Å². The fraction of sp³-hybridized carbons (Fsp3) is 0.500. The van der Waals surface area contributed by atoms with Gasteiger partial charge >= 0.3 is 5.97 Å². The number of nitrogens with zero attached hydrogens (tertiary/aromatic N) is 2. The molecule has 1 saturated carbocycles. The van der Waals surface area contributed by atoms with Crippen molar-refractivity contribution in [2.45, 2.75) is 32.2 Å². The smallest absolute Gasteiger partial charge is 0.304 e. The molecule has 0 bridgehead atoms. The molecule has 114 valence electrons. The molecule has 1 aliphatic rings. The van der Waals surface area contributed by atoms with Crippen LogP contribution in [0.25, 0.3) is 0 Å². The molecule has 1 fully saturated rings. The highest BCUT2D eigenvalue weighted by molar-refractivity contribution is 5.94. The minimum atomic E-state index is -0.816. The lowest BCUT2D eigenvalue weighted by Gasteiger charge is -2.26. The first-order chi connectivity index (χ1) is 10.1. The van der Waals surface area contributed by atoms with Crippen LogP contribution in [0.4, 0.5) is 5.69 Å². The lowest BCUT2D eigenvalue weighted by Crippen LogP contribution is -2.42. The predicted octanol–water partition coefficient (Wildman–Crippen LogP) is 1.98. The van der Waals surface area contributed by atoms with Gasteiger partial charge in [0.05, 0.1) is 13.0 Å². The van der Waals surface area contributed by atoms with Crippen LogP contribution in [0.15, 0.2) is 30.3 Å². The van der Waals surface area contributed by atoms with Gasteiger partial charge in [-0.2, -0.15) is 0 Å². The first-order valence-corrected chi connectivity index (χ1v) is 7.43. The summed E-state index contributed by atoms with van der Waals surface area (Å²) in [6.45, 7) is 3.29. The summed E-state index contributed by atoms with van der Waals surface area (Å²) in [7, 11) is 0. The van der Waals surface area contributed by atoms with E-state index >= 15 is 0 Å². The molecule has 0 atom stereocenters. The van der Waals surface area contributed by atoms with E-state index in [1.54, 1.807) is 4.90 Å². The Morgan fingerprint density at radius 2 is 1.90 bits per heavy atom. The van der Waals surface area contributed by atoms with Crippen LogP contribution in [0.1, 0.15) is 26.2 Å². The van der Waals surface area contributed by atoms with Crippen molar-refractivity contribution in [2.75, 3.05) is 24.5 Å². The van der Waals surface area contributed by atoms with E-state index in [1.807, 2.05) is 42.2 Å². The molecule has 0 aliphatic heterocycles. The average Bonchev–Trinajstić information content (AvgIpc) is 3.30. The number of benzene rings is 1. The Bertz CT molecular complexity index is 486. The van der Waals surface area contributed by atoms with E-state index in [1.165, 1.54) is 0 Å². The molecule has 1 N–H and O–H groups in total. The van der Waals surface area contributed by atoms with Crippen molar-refractivity contribution in [1.29, 1.82) is 0 Å². The maximum absolute atomic E-state index is 12.5. The van der Waals surface area contributed by atoms with E-state index in [9.17, 15) is 9.59 Å². The summed E-state index contributed by atoms with van der Waals surface area (Å²) in [5, 5.41) is 8.81. The molecule has 0 heterocycles. The van der Waals surface area contributed by atoms with Crippen molar-refractivity contribution < 1.29 is 14.7 Å². The van der Waals surface area contributed by atoms with Crippen molar-refractivity contribution in [3.8, 4) is 0 Å². The molecule has 1 aromatic rings. The Kier molecular flexibility index (Phi) is 5.33. The van der Waals surface area contributed by atoms with Crippen molar-refractivity contribution in [3.63, 3.8) is 0 Å².